The van der Waals surface area contributed by atoms with Gasteiger partial charge in [0.1, 0.15) is 17.7 Å². The van der Waals surface area contributed by atoms with Crippen molar-refractivity contribution in [2.45, 2.75) is 0 Å². The van der Waals surface area contributed by atoms with Gasteiger partial charge in [0, 0.05) is 11.1 Å². The molecular formula is C17H14N2O3. The fourth-order valence-corrected chi connectivity index (χ4v) is 2.01. The number of hydrogen-bond acceptors (Lipinski definition) is 4. The first-order valence-electron chi connectivity index (χ1n) is 6.72. The molecule has 5 nitrogen and oxygen atoms in total. The molecule has 3 aromatic rings. The summed E-state index contributed by atoms with van der Waals surface area (Å²) in [4.78, 5) is 16.4. The minimum atomic E-state index is -0.305. The van der Waals surface area contributed by atoms with E-state index in [-0.39, 0.29) is 11.9 Å². The van der Waals surface area contributed by atoms with Gasteiger partial charge in [-0.15, -0.1) is 0 Å². The molecule has 1 amide bonds. The Labute approximate surface area is 127 Å². The first-order valence-corrected chi connectivity index (χ1v) is 6.72. The van der Waals surface area contributed by atoms with Crippen LogP contribution in [-0.4, -0.2) is 18.0 Å². The highest BCUT2D eigenvalue weighted by Gasteiger charge is 2.11. The summed E-state index contributed by atoms with van der Waals surface area (Å²) in [7, 11) is 1.55. The maximum absolute atomic E-state index is 12.2. The summed E-state index contributed by atoms with van der Waals surface area (Å²) < 4.78 is 10.4. The van der Waals surface area contributed by atoms with Crippen molar-refractivity contribution in [1.29, 1.82) is 0 Å². The summed E-state index contributed by atoms with van der Waals surface area (Å²) >= 11 is 0. The van der Waals surface area contributed by atoms with E-state index in [1.807, 2.05) is 30.3 Å². The third-order valence-electron chi connectivity index (χ3n) is 3.13. The van der Waals surface area contributed by atoms with Crippen LogP contribution in [0.2, 0.25) is 0 Å². The molecule has 0 saturated heterocycles. The second kappa shape index (κ2) is 6.13. The minimum Gasteiger partial charge on any atom is -0.497 e. The van der Waals surface area contributed by atoms with E-state index in [9.17, 15) is 4.79 Å². The van der Waals surface area contributed by atoms with Crippen LogP contribution in [0.3, 0.4) is 0 Å². The van der Waals surface area contributed by atoms with Crippen LogP contribution >= 0.6 is 0 Å². The average Bonchev–Trinajstić information content (AvgIpc) is 3.04. The third-order valence-corrected chi connectivity index (χ3v) is 3.13. The van der Waals surface area contributed by atoms with E-state index in [1.54, 1.807) is 31.4 Å². The number of carbonyl (C=O) groups excluding carboxylic acids is 1. The molecule has 0 radical (unpaired) electrons. The Balaban J connectivity index is 1.76. The lowest BCUT2D eigenvalue weighted by Crippen LogP contribution is -2.12. The second-order valence-corrected chi connectivity index (χ2v) is 4.59. The molecule has 2 aromatic carbocycles. The number of nitrogens with one attached hydrogen (secondary N) is 1. The van der Waals surface area contributed by atoms with Crippen LogP contribution in [0.1, 0.15) is 10.4 Å². The van der Waals surface area contributed by atoms with Crippen LogP contribution in [0.15, 0.2) is 65.3 Å². The number of benzene rings is 2. The third kappa shape index (κ3) is 2.98. The summed E-state index contributed by atoms with van der Waals surface area (Å²) in [5.41, 5.74) is 2.06. The number of ether oxygens (including phenoxy) is 1. The van der Waals surface area contributed by atoms with Crippen LogP contribution in [0, 0.1) is 0 Å². The van der Waals surface area contributed by atoms with E-state index >= 15 is 0 Å². The molecule has 5 heteroatoms. The number of rotatable bonds is 4. The molecule has 0 aliphatic carbocycles. The van der Waals surface area contributed by atoms with Gasteiger partial charge < -0.3 is 9.15 Å². The highest BCUT2D eigenvalue weighted by atomic mass is 16.5. The van der Waals surface area contributed by atoms with Gasteiger partial charge in [-0.2, -0.15) is 4.98 Å². The van der Waals surface area contributed by atoms with E-state index in [0.717, 1.165) is 5.56 Å². The average molecular weight is 294 g/mol. The molecule has 0 aliphatic rings. The minimum absolute atomic E-state index is 0.159. The largest absolute Gasteiger partial charge is 0.497 e. The smallest absolute Gasteiger partial charge is 0.302 e. The molecule has 0 unspecified atom stereocenters. The van der Waals surface area contributed by atoms with Gasteiger partial charge >= 0.3 is 6.01 Å². The molecule has 0 saturated carbocycles. The Kier molecular flexibility index (Phi) is 3.87. The Hall–Kier alpha value is -3.08. The van der Waals surface area contributed by atoms with Gasteiger partial charge in [0.15, 0.2) is 0 Å². The van der Waals surface area contributed by atoms with Crippen molar-refractivity contribution in [3.63, 3.8) is 0 Å². The van der Waals surface area contributed by atoms with Gasteiger partial charge in [-0.05, 0) is 18.2 Å². The van der Waals surface area contributed by atoms with Crippen molar-refractivity contribution >= 4 is 11.9 Å². The Bertz CT molecular complexity index is 781. The Morgan fingerprint density at radius 2 is 1.95 bits per heavy atom. The van der Waals surface area contributed by atoms with E-state index in [1.165, 1.54) is 6.26 Å². The molecular weight excluding hydrogens is 280 g/mol. The molecule has 0 aliphatic heterocycles. The predicted octanol–water partition coefficient (Wildman–Crippen LogP) is 3.60. The molecule has 22 heavy (non-hydrogen) atoms. The van der Waals surface area contributed by atoms with Crippen molar-refractivity contribution in [3.8, 4) is 17.0 Å². The number of methoxy groups -OCH3 is 1. The SMILES string of the molecule is COc1cccc(C(=O)Nc2nc(-c3ccccc3)co2)c1. The van der Waals surface area contributed by atoms with Crippen LogP contribution < -0.4 is 10.1 Å². The number of nitrogens with zero attached hydrogens (tertiary/aromatic N) is 1. The maximum Gasteiger partial charge on any atom is 0.302 e. The molecule has 0 fully saturated rings. The number of carbonyl (C=O) groups is 1. The van der Waals surface area contributed by atoms with E-state index in [0.29, 0.717) is 17.0 Å². The fraction of sp³-hybridized carbons (Fsp3) is 0.0588. The van der Waals surface area contributed by atoms with Gasteiger partial charge in [0.25, 0.3) is 5.91 Å². The lowest BCUT2D eigenvalue weighted by Gasteiger charge is -2.03. The summed E-state index contributed by atoms with van der Waals surface area (Å²) in [5.74, 6) is 0.311. The standard InChI is InChI=1S/C17H14N2O3/c1-21-14-9-5-8-13(10-14)16(20)19-17-18-15(11-22-17)12-6-3-2-4-7-12/h2-11H,1H3,(H,18,19,20). The molecule has 0 spiro atoms. The first kappa shape index (κ1) is 13.9. The van der Waals surface area contributed by atoms with Gasteiger partial charge in [-0.1, -0.05) is 36.4 Å². The summed E-state index contributed by atoms with van der Waals surface area (Å²) in [6, 6.07) is 16.6. The van der Waals surface area contributed by atoms with Crippen molar-refractivity contribution in [1.82, 2.24) is 4.98 Å². The van der Waals surface area contributed by atoms with Crippen LogP contribution in [0.25, 0.3) is 11.3 Å². The summed E-state index contributed by atoms with van der Waals surface area (Å²) in [6.07, 6.45) is 1.51. The Morgan fingerprint density at radius 1 is 1.14 bits per heavy atom. The highest BCUT2D eigenvalue weighted by Crippen LogP contribution is 2.21. The van der Waals surface area contributed by atoms with E-state index in [4.69, 9.17) is 9.15 Å². The molecule has 1 N–H and O–H groups in total. The zero-order valence-corrected chi connectivity index (χ0v) is 11.9. The Morgan fingerprint density at radius 3 is 2.73 bits per heavy atom. The topological polar surface area (TPSA) is 64.4 Å². The number of hydrogen-bond donors (Lipinski definition) is 1. The second-order valence-electron chi connectivity index (χ2n) is 4.59. The van der Waals surface area contributed by atoms with Crippen LogP contribution in [-0.2, 0) is 0 Å². The molecule has 0 atom stereocenters. The maximum atomic E-state index is 12.2. The van der Waals surface area contributed by atoms with Gasteiger partial charge in [-0.3, -0.25) is 10.1 Å². The molecule has 110 valence electrons. The highest BCUT2D eigenvalue weighted by molar-refractivity contribution is 6.03. The van der Waals surface area contributed by atoms with Crippen molar-refractivity contribution in [2.24, 2.45) is 0 Å². The molecule has 1 aromatic heterocycles. The van der Waals surface area contributed by atoms with Gasteiger partial charge in [0.2, 0.25) is 0 Å². The normalized spacial score (nSPS) is 10.2. The van der Waals surface area contributed by atoms with Crippen LogP contribution in [0.4, 0.5) is 6.01 Å². The summed E-state index contributed by atoms with van der Waals surface area (Å²) in [5, 5.41) is 2.63. The molecule has 3 rings (SSSR count). The number of anilines is 1. The van der Waals surface area contributed by atoms with Crippen molar-refractivity contribution in [3.05, 3.63) is 66.4 Å². The quantitative estimate of drug-likeness (QED) is 0.798. The summed E-state index contributed by atoms with van der Waals surface area (Å²) in [6.45, 7) is 0. The van der Waals surface area contributed by atoms with Crippen molar-refractivity contribution in [2.75, 3.05) is 12.4 Å². The van der Waals surface area contributed by atoms with Crippen molar-refractivity contribution < 1.29 is 13.9 Å². The first-order chi connectivity index (χ1) is 10.8. The van der Waals surface area contributed by atoms with Gasteiger partial charge in [0.05, 0.1) is 7.11 Å². The predicted molar refractivity (Wildman–Crippen MR) is 82.9 cm³/mol. The number of amides is 1. The molecule has 1 heterocycles. The van der Waals surface area contributed by atoms with Crippen LogP contribution in [0.5, 0.6) is 5.75 Å². The monoisotopic (exact) mass is 294 g/mol. The molecule has 0 bridgehead atoms. The number of oxazole rings is 1. The number of aromatic nitrogens is 1. The van der Waals surface area contributed by atoms with E-state index < -0.39 is 0 Å². The van der Waals surface area contributed by atoms with Gasteiger partial charge in [-0.25, -0.2) is 0 Å². The lowest BCUT2D eigenvalue weighted by atomic mass is 10.2. The lowest BCUT2D eigenvalue weighted by molar-refractivity contribution is 0.102. The fourth-order valence-electron chi connectivity index (χ4n) is 2.01. The van der Waals surface area contributed by atoms with E-state index in [2.05, 4.69) is 10.3 Å². The zero-order chi connectivity index (χ0) is 15.4. The zero-order valence-electron chi connectivity index (χ0n) is 11.9.